The molecular weight excluding hydrogens is 380 g/mol. The molecule has 0 radical (unpaired) electrons. The minimum Gasteiger partial charge on any atom is -0.468 e. The molecule has 144 valence electrons. The lowest BCUT2D eigenvalue weighted by molar-refractivity contribution is -0.141. The molecule has 2 aromatic rings. The number of carbonyl (C=O) groups is 1. The molecule has 10 heteroatoms. The molecule has 0 saturated carbocycles. The standard InChI is InChI=1S/C16H22N4O4S.ClH/c1-24-16(21)13-19-12-15(11-18-19)25(22,23)20(10-8-17)9-7-14-5-3-2-4-6-14;/h2-6,11-12H,7-10,13,17H2,1H3;1H. The summed E-state index contributed by atoms with van der Waals surface area (Å²) < 4.78 is 32.7. The van der Waals surface area contributed by atoms with Crippen LogP contribution in [-0.2, 0) is 32.5 Å². The molecule has 0 bridgehead atoms. The van der Waals surface area contributed by atoms with Crippen molar-refractivity contribution >= 4 is 28.4 Å². The van der Waals surface area contributed by atoms with Crippen molar-refractivity contribution in [3.63, 3.8) is 0 Å². The summed E-state index contributed by atoms with van der Waals surface area (Å²) in [6.07, 6.45) is 3.12. The number of sulfonamides is 1. The Hall–Kier alpha value is -1.94. The first-order valence-corrected chi connectivity index (χ1v) is 9.25. The van der Waals surface area contributed by atoms with Crippen molar-refractivity contribution in [1.82, 2.24) is 14.1 Å². The molecule has 8 nitrogen and oxygen atoms in total. The summed E-state index contributed by atoms with van der Waals surface area (Å²) in [5.74, 6) is -0.505. The largest absolute Gasteiger partial charge is 0.468 e. The van der Waals surface area contributed by atoms with Gasteiger partial charge in [-0.3, -0.25) is 9.48 Å². The van der Waals surface area contributed by atoms with Crippen LogP contribution in [0.15, 0.2) is 47.6 Å². The molecule has 0 spiro atoms. The number of halogens is 1. The molecule has 0 atom stereocenters. The zero-order valence-electron chi connectivity index (χ0n) is 14.4. The smallest absolute Gasteiger partial charge is 0.327 e. The molecule has 0 aliphatic heterocycles. The molecule has 0 saturated heterocycles. The maximum Gasteiger partial charge on any atom is 0.327 e. The van der Waals surface area contributed by atoms with Crippen LogP contribution in [0.2, 0.25) is 0 Å². The van der Waals surface area contributed by atoms with Crippen LogP contribution in [0.4, 0.5) is 0 Å². The van der Waals surface area contributed by atoms with Gasteiger partial charge >= 0.3 is 5.97 Å². The van der Waals surface area contributed by atoms with Gasteiger partial charge in [-0.25, -0.2) is 8.42 Å². The highest BCUT2D eigenvalue weighted by atomic mass is 35.5. The zero-order chi connectivity index (χ0) is 18.3. The van der Waals surface area contributed by atoms with Gasteiger partial charge in [0.1, 0.15) is 11.4 Å². The summed E-state index contributed by atoms with van der Waals surface area (Å²) in [4.78, 5) is 11.3. The molecule has 26 heavy (non-hydrogen) atoms. The predicted molar refractivity (Wildman–Crippen MR) is 99.5 cm³/mol. The highest BCUT2D eigenvalue weighted by Gasteiger charge is 2.25. The number of carbonyl (C=O) groups excluding carboxylic acids is 1. The summed E-state index contributed by atoms with van der Waals surface area (Å²) in [6.45, 7) is 0.584. The van der Waals surface area contributed by atoms with E-state index in [-0.39, 0.29) is 36.9 Å². The monoisotopic (exact) mass is 402 g/mol. The Morgan fingerprint density at radius 1 is 1.27 bits per heavy atom. The van der Waals surface area contributed by atoms with E-state index in [1.807, 2.05) is 30.3 Å². The summed E-state index contributed by atoms with van der Waals surface area (Å²) >= 11 is 0. The number of hydrogen-bond donors (Lipinski definition) is 1. The highest BCUT2D eigenvalue weighted by Crippen LogP contribution is 2.15. The summed E-state index contributed by atoms with van der Waals surface area (Å²) in [5, 5.41) is 3.91. The summed E-state index contributed by atoms with van der Waals surface area (Å²) in [7, 11) is -2.48. The number of nitrogens with two attached hydrogens (primary N) is 1. The fourth-order valence-corrected chi connectivity index (χ4v) is 3.72. The van der Waals surface area contributed by atoms with Crippen LogP contribution in [0.3, 0.4) is 0 Å². The lowest BCUT2D eigenvalue weighted by Crippen LogP contribution is -2.36. The summed E-state index contributed by atoms with van der Waals surface area (Å²) in [5.41, 5.74) is 6.62. The van der Waals surface area contributed by atoms with Gasteiger partial charge in [0.15, 0.2) is 0 Å². The molecule has 1 aromatic carbocycles. The van der Waals surface area contributed by atoms with Gasteiger partial charge in [0, 0.05) is 25.8 Å². The second-order valence-electron chi connectivity index (χ2n) is 5.38. The third-order valence-corrected chi connectivity index (χ3v) is 5.49. The maximum absolute atomic E-state index is 12.8. The van der Waals surface area contributed by atoms with Gasteiger partial charge in [-0.2, -0.15) is 9.40 Å². The molecule has 0 aliphatic rings. The molecule has 0 aliphatic carbocycles. The van der Waals surface area contributed by atoms with Crippen molar-refractivity contribution in [2.75, 3.05) is 26.7 Å². The average molecular weight is 403 g/mol. The molecular formula is C16H23ClN4O4S. The van der Waals surface area contributed by atoms with Crippen LogP contribution in [0.25, 0.3) is 0 Å². The normalized spacial score (nSPS) is 11.2. The second-order valence-corrected chi connectivity index (χ2v) is 7.32. The number of esters is 1. The molecule has 2 rings (SSSR count). The van der Waals surface area contributed by atoms with Gasteiger partial charge in [0.2, 0.25) is 10.0 Å². The van der Waals surface area contributed by atoms with Gasteiger partial charge in [-0.15, -0.1) is 12.4 Å². The minimum atomic E-state index is -3.74. The molecule has 2 N–H and O–H groups in total. The molecule has 0 fully saturated rings. The van der Waals surface area contributed by atoms with Crippen LogP contribution < -0.4 is 5.73 Å². The number of ether oxygens (including phenoxy) is 1. The van der Waals surface area contributed by atoms with Gasteiger partial charge in [0.05, 0.1) is 13.3 Å². The Bertz CT molecular complexity index is 796. The highest BCUT2D eigenvalue weighted by molar-refractivity contribution is 7.89. The van der Waals surface area contributed by atoms with E-state index >= 15 is 0 Å². The Kier molecular flexibility index (Phi) is 8.73. The number of nitrogens with zero attached hydrogens (tertiary/aromatic N) is 3. The van der Waals surface area contributed by atoms with Gasteiger partial charge in [-0.05, 0) is 12.0 Å². The lowest BCUT2D eigenvalue weighted by Gasteiger charge is -2.20. The second kappa shape index (κ2) is 10.3. The number of hydrogen-bond acceptors (Lipinski definition) is 6. The average Bonchev–Trinajstić information content (AvgIpc) is 3.08. The Morgan fingerprint density at radius 3 is 2.58 bits per heavy atom. The first-order chi connectivity index (χ1) is 12.0. The SMILES string of the molecule is COC(=O)Cn1cc(S(=O)(=O)N(CCN)CCc2ccccc2)cn1.Cl. The molecule has 1 heterocycles. The van der Waals surface area contributed by atoms with Crippen molar-refractivity contribution in [3.8, 4) is 0 Å². The van der Waals surface area contributed by atoms with Crippen LogP contribution in [0.5, 0.6) is 0 Å². The van der Waals surface area contributed by atoms with Crippen LogP contribution in [0.1, 0.15) is 5.56 Å². The van der Waals surface area contributed by atoms with Crippen molar-refractivity contribution in [1.29, 1.82) is 0 Å². The van der Waals surface area contributed by atoms with Crippen molar-refractivity contribution in [3.05, 3.63) is 48.3 Å². The van der Waals surface area contributed by atoms with E-state index in [2.05, 4.69) is 9.84 Å². The van der Waals surface area contributed by atoms with Crippen molar-refractivity contribution < 1.29 is 17.9 Å². The zero-order valence-corrected chi connectivity index (χ0v) is 16.1. The van der Waals surface area contributed by atoms with Gasteiger partial charge in [-0.1, -0.05) is 30.3 Å². The van der Waals surface area contributed by atoms with Crippen molar-refractivity contribution in [2.24, 2.45) is 5.73 Å². The third-order valence-electron chi connectivity index (χ3n) is 3.64. The number of methoxy groups -OCH3 is 1. The van der Waals surface area contributed by atoms with Gasteiger partial charge < -0.3 is 10.5 Å². The predicted octanol–water partition coefficient (Wildman–Crippen LogP) is 0.670. The topological polar surface area (TPSA) is 108 Å². The Labute approximate surface area is 159 Å². The van der Waals surface area contributed by atoms with E-state index in [9.17, 15) is 13.2 Å². The number of benzene rings is 1. The maximum atomic E-state index is 12.8. The van der Waals surface area contributed by atoms with Crippen LogP contribution in [0, 0.1) is 0 Å². The van der Waals surface area contributed by atoms with E-state index in [1.165, 1.54) is 28.5 Å². The van der Waals surface area contributed by atoms with Crippen LogP contribution >= 0.6 is 12.4 Å². The number of rotatable bonds is 9. The molecule has 0 amide bonds. The fraction of sp³-hybridized carbons (Fsp3) is 0.375. The Morgan fingerprint density at radius 2 is 1.96 bits per heavy atom. The van der Waals surface area contributed by atoms with E-state index < -0.39 is 16.0 Å². The lowest BCUT2D eigenvalue weighted by atomic mass is 10.1. The van der Waals surface area contributed by atoms with Crippen LogP contribution in [-0.4, -0.2) is 55.2 Å². The van der Waals surface area contributed by atoms with Crippen molar-refractivity contribution in [2.45, 2.75) is 17.9 Å². The third kappa shape index (κ3) is 5.80. The van der Waals surface area contributed by atoms with E-state index in [0.29, 0.717) is 13.0 Å². The number of aromatic nitrogens is 2. The van der Waals surface area contributed by atoms with Gasteiger partial charge in [0.25, 0.3) is 0 Å². The quantitative estimate of drug-likeness (QED) is 0.617. The van der Waals surface area contributed by atoms with E-state index in [0.717, 1.165) is 5.56 Å². The Balaban J connectivity index is 0.00000338. The van der Waals surface area contributed by atoms with E-state index in [4.69, 9.17) is 5.73 Å². The first kappa shape index (κ1) is 22.1. The minimum absolute atomic E-state index is 0. The molecule has 1 aromatic heterocycles. The summed E-state index contributed by atoms with van der Waals surface area (Å²) in [6, 6.07) is 9.62. The first-order valence-electron chi connectivity index (χ1n) is 7.80. The van der Waals surface area contributed by atoms with E-state index in [1.54, 1.807) is 0 Å². The fourth-order valence-electron chi connectivity index (χ4n) is 2.30. The molecule has 0 unspecified atom stereocenters.